The summed E-state index contributed by atoms with van der Waals surface area (Å²) in [4.78, 5) is 8.33. The minimum atomic E-state index is -2.33. The molecule has 8 heavy (non-hydrogen) atoms. The van der Waals surface area contributed by atoms with E-state index in [0.717, 1.165) is 0 Å². The predicted molar refractivity (Wildman–Crippen MR) is 22.9 cm³/mol. The summed E-state index contributed by atoms with van der Waals surface area (Å²) >= 11 is 0.382. The van der Waals surface area contributed by atoms with Crippen LogP contribution in [-0.4, -0.2) is 43.9 Å². The number of halogens is 2. The van der Waals surface area contributed by atoms with Crippen molar-refractivity contribution in [2.75, 3.05) is 0 Å². The van der Waals surface area contributed by atoms with Crippen LogP contribution < -0.4 is 10.2 Å². The molecule has 0 aliphatic heterocycles. The monoisotopic (exact) mass is 229 g/mol. The fourth-order valence-corrected chi connectivity index (χ4v) is 0. The van der Waals surface area contributed by atoms with E-state index in [1.54, 1.807) is 0 Å². The molecular weight excluding hydrogens is 230 g/mol. The minimum absolute atomic E-state index is 0. The number of carboxylic acid groups (broad SMARTS) is 2. The third kappa shape index (κ3) is 128. The molecule has 0 amide bonds. The summed E-state index contributed by atoms with van der Waals surface area (Å²) in [6, 6.07) is 0. The second kappa shape index (κ2) is 15.8. The third-order valence-electron chi connectivity index (χ3n) is 0. The molecule has 0 saturated carbocycles. The molecule has 0 aromatic heterocycles. The maximum absolute atomic E-state index is 8.33. The van der Waals surface area contributed by atoms with E-state index in [1.807, 2.05) is 0 Å². The number of carbonyl (C=O) groups excluding carboxylic acids is 1. The first-order valence-corrected chi connectivity index (χ1v) is 3.73. The molecule has 0 saturated heterocycles. The molecule has 0 aromatic carbocycles. The Bertz CT molecular complexity index is 48.5. The van der Waals surface area contributed by atoms with E-state index in [-0.39, 0.29) is 37.7 Å². The van der Waals surface area contributed by atoms with Gasteiger partial charge in [-0.1, -0.05) is 0 Å². The molecule has 0 aliphatic carbocycles. The molecular formula is CCaCl2CoO3. The van der Waals surface area contributed by atoms with Gasteiger partial charge in [-0.2, -0.15) is 0 Å². The standard InChI is InChI=1S/CH2O3.Ca.2ClH.Co/c2-1(3)4;;;;/h(H2,2,3,4);;2*1H;/q;+2;;;+2/p-4. The Morgan fingerprint density at radius 1 is 1.38 bits per heavy atom. The normalized spacial score (nSPS) is 5.75. The van der Waals surface area contributed by atoms with Crippen LogP contribution in [0.1, 0.15) is 0 Å². The van der Waals surface area contributed by atoms with Crippen molar-refractivity contribution in [3.63, 3.8) is 0 Å². The molecule has 47 valence electrons. The summed E-state index contributed by atoms with van der Waals surface area (Å²) in [5.74, 6) is 0. The topological polar surface area (TPSA) is 63.2 Å². The van der Waals surface area contributed by atoms with Crippen LogP contribution in [0.25, 0.3) is 0 Å². The van der Waals surface area contributed by atoms with Crippen LogP contribution in [0.4, 0.5) is 4.79 Å². The number of hydrogen-bond donors (Lipinski definition) is 0. The molecule has 0 heterocycles. The molecule has 0 aromatic rings. The molecule has 0 aliphatic rings. The Morgan fingerprint density at radius 2 is 1.38 bits per heavy atom. The van der Waals surface area contributed by atoms with E-state index in [4.69, 9.17) is 35.3 Å². The van der Waals surface area contributed by atoms with Crippen molar-refractivity contribution < 1.29 is 27.9 Å². The van der Waals surface area contributed by atoms with Gasteiger partial charge in [-0.25, -0.2) is 0 Å². The first kappa shape index (κ1) is 16.3. The van der Waals surface area contributed by atoms with Gasteiger partial charge in [0.25, 0.3) is 0 Å². The van der Waals surface area contributed by atoms with E-state index in [1.165, 1.54) is 0 Å². The van der Waals surface area contributed by atoms with Crippen molar-refractivity contribution in [2.24, 2.45) is 0 Å². The van der Waals surface area contributed by atoms with E-state index in [2.05, 4.69) is 0 Å². The molecule has 7 heteroatoms. The summed E-state index contributed by atoms with van der Waals surface area (Å²) < 4.78 is 0. The van der Waals surface area contributed by atoms with Crippen molar-refractivity contribution in [2.45, 2.75) is 0 Å². The molecule has 0 atom stereocenters. The molecule has 0 spiro atoms. The van der Waals surface area contributed by atoms with Crippen LogP contribution in [0.2, 0.25) is 0 Å². The Kier molecular flexibility index (Phi) is 32.3. The van der Waals surface area contributed by atoms with Crippen LogP contribution in [0.15, 0.2) is 0 Å². The van der Waals surface area contributed by atoms with Crippen LogP contribution in [0.5, 0.6) is 0 Å². The first-order valence-electron chi connectivity index (χ1n) is 0.864. The van der Waals surface area contributed by atoms with Gasteiger partial charge in [0.05, 0.1) is 0 Å². The van der Waals surface area contributed by atoms with Crippen LogP contribution in [0.3, 0.4) is 0 Å². The first-order chi connectivity index (χ1) is 3.15. The second-order valence-corrected chi connectivity index (χ2v) is 2.02. The average molecular weight is 230 g/mol. The predicted octanol–water partition coefficient (Wildman–Crippen LogP) is -1.45. The molecule has 0 rings (SSSR count). The summed E-state index contributed by atoms with van der Waals surface area (Å²) in [5.41, 5.74) is 0. The SMILES string of the molecule is O=C([O-])[O-].[Ca+2].[Cl][Co][Cl]. The summed E-state index contributed by atoms with van der Waals surface area (Å²) in [6.45, 7) is 0. The van der Waals surface area contributed by atoms with E-state index < -0.39 is 6.16 Å². The molecule has 0 bridgehead atoms. The van der Waals surface area contributed by atoms with Gasteiger partial charge >= 0.3 is 70.9 Å². The van der Waals surface area contributed by atoms with Gasteiger partial charge in [0.15, 0.2) is 0 Å². The van der Waals surface area contributed by atoms with Crippen molar-refractivity contribution in [1.29, 1.82) is 0 Å². The zero-order valence-corrected chi connectivity index (χ0v) is 8.28. The molecule has 0 N–H and O–H groups in total. The second-order valence-electron chi connectivity index (χ2n) is 0.298. The average Bonchev–Trinajstić information content (AvgIpc) is 1.33. The molecule has 0 fully saturated rings. The fourth-order valence-electron chi connectivity index (χ4n) is 0. The quantitative estimate of drug-likeness (QED) is 0.478. The maximum atomic E-state index is 8.33. The zero-order valence-electron chi connectivity index (χ0n) is 3.52. The van der Waals surface area contributed by atoms with Gasteiger partial charge in [0.2, 0.25) is 0 Å². The van der Waals surface area contributed by atoms with Gasteiger partial charge < -0.3 is 15.0 Å². The Morgan fingerprint density at radius 3 is 1.38 bits per heavy atom. The Hall–Kier alpha value is 1.62. The molecule has 3 nitrogen and oxygen atoms in total. The van der Waals surface area contributed by atoms with Crippen LogP contribution in [-0.2, 0) is 12.9 Å². The van der Waals surface area contributed by atoms with Crippen LogP contribution >= 0.6 is 20.3 Å². The summed E-state index contributed by atoms with van der Waals surface area (Å²) in [5, 5.41) is 16.7. The molecule has 0 unspecified atom stereocenters. The molecule has 0 radical (unpaired) electrons. The third-order valence-corrected chi connectivity index (χ3v) is 0. The summed E-state index contributed by atoms with van der Waals surface area (Å²) in [6.07, 6.45) is -2.33. The zero-order chi connectivity index (χ0) is 6.28. The number of hydrogen-bond acceptors (Lipinski definition) is 3. The Labute approximate surface area is 90.8 Å². The van der Waals surface area contributed by atoms with E-state index >= 15 is 0 Å². The van der Waals surface area contributed by atoms with Crippen LogP contribution in [0, 0.1) is 0 Å². The van der Waals surface area contributed by atoms with Gasteiger partial charge in [-0.3, -0.25) is 0 Å². The van der Waals surface area contributed by atoms with Crippen molar-refractivity contribution in [3.05, 3.63) is 0 Å². The fraction of sp³-hybridized carbons (Fsp3) is 0. The van der Waals surface area contributed by atoms with Gasteiger partial charge in [0.1, 0.15) is 0 Å². The van der Waals surface area contributed by atoms with E-state index in [9.17, 15) is 0 Å². The van der Waals surface area contributed by atoms with Gasteiger partial charge in [0, 0.05) is 0 Å². The Balaban J connectivity index is -0.0000000575. The summed E-state index contributed by atoms with van der Waals surface area (Å²) in [7, 11) is 9.47. The number of rotatable bonds is 0. The number of carbonyl (C=O) groups is 1. The van der Waals surface area contributed by atoms with Crippen molar-refractivity contribution in [3.8, 4) is 0 Å². The van der Waals surface area contributed by atoms with E-state index in [0.29, 0.717) is 12.9 Å². The van der Waals surface area contributed by atoms with Crippen molar-refractivity contribution >= 4 is 64.2 Å². The van der Waals surface area contributed by atoms with Crippen molar-refractivity contribution in [1.82, 2.24) is 0 Å². The van der Waals surface area contributed by atoms with Gasteiger partial charge in [-0.05, 0) is 6.16 Å². The van der Waals surface area contributed by atoms with Gasteiger partial charge in [-0.15, -0.1) is 0 Å².